The Morgan fingerprint density at radius 3 is 2.75 bits per heavy atom. The number of rotatable bonds is 1. The van der Waals surface area contributed by atoms with Gasteiger partial charge >= 0.3 is 0 Å². The van der Waals surface area contributed by atoms with Crippen LogP contribution < -0.4 is 0 Å². The van der Waals surface area contributed by atoms with Gasteiger partial charge in [0.05, 0.1) is 0 Å². The quantitative estimate of drug-likeness (QED) is 0.543. The highest BCUT2D eigenvalue weighted by Gasteiger charge is 2.09. The molecule has 1 aliphatic rings. The molecular weight excluding hydrogens is 146 g/mol. The van der Waals surface area contributed by atoms with Crippen molar-refractivity contribution in [3.63, 3.8) is 0 Å². The van der Waals surface area contributed by atoms with E-state index in [1.807, 2.05) is 0 Å². The van der Waals surface area contributed by atoms with Gasteiger partial charge in [-0.1, -0.05) is 11.6 Å². The first kappa shape index (κ1) is 9.79. The first-order chi connectivity index (χ1) is 5.70. The van der Waals surface area contributed by atoms with Crippen molar-refractivity contribution in [2.75, 3.05) is 13.1 Å². The first-order valence-corrected chi connectivity index (χ1v) is 5.10. The van der Waals surface area contributed by atoms with Crippen LogP contribution in [-0.2, 0) is 0 Å². The average molecular weight is 167 g/mol. The Kier molecular flexibility index (Phi) is 3.80. The standard InChI is InChI=1S/C11H21N/c1-10(2)12-8-5-4-6-11(3)7-9-12/h6,10H,4-5,7-9H2,1-3H3/b11-6-. The summed E-state index contributed by atoms with van der Waals surface area (Å²) in [5, 5.41) is 0. The Balaban J connectivity index is 2.44. The molecule has 1 heterocycles. The molecule has 1 nitrogen and oxygen atoms in total. The highest BCUT2D eigenvalue weighted by Crippen LogP contribution is 2.12. The van der Waals surface area contributed by atoms with E-state index in [2.05, 4.69) is 31.7 Å². The van der Waals surface area contributed by atoms with Gasteiger partial charge in [-0.15, -0.1) is 0 Å². The van der Waals surface area contributed by atoms with Crippen molar-refractivity contribution in [3.8, 4) is 0 Å². The van der Waals surface area contributed by atoms with Crippen LogP contribution in [0.4, 0.5) is 0 Å². The van der Waals surface area contributed by atoms with E-state index in [0.717, 1.165) is 6.04 Å². The molecule has 0 aliphatic carbocycles. The van der Waals surface area contributed by atoms with Crippen molar-refractivity contribution < 1.29 is 0 Å². The van der Waals surface area contributed by atoms with Crippen molar-refractivity contribution in [2.45, 2.75) is 46.1 Å². The summed E-state index contributed by atoms with van der Waals surface area (Å²) in [6.07, 6.45) is 6.26. The van der Waals surface area contributed by atoms with Gasteiger partial charge in [-0.2, -0.15) is 0 Å². The van der Waals surface area contributed by atoms with E-state index in [4.69, 9.17) is 0 Å². The van der Waals surface area contributed by atoms with Gasteiger partial charge in [0.25, 0.3) is 0 Å². The zero-order valence-electron chi connectivity index (χ0n) is 8.64. The maximum atomic E-state index is 2.58. The fourth-order valence-corrected chi connectivity index (χ4v) is 1.69. The Labute approximate surface area is 76.5 Å². The number of nitrogens with zero attached hydrogens (tertiary/aromatic N) is 1. The second kappa shape index (κ2) is 4.66. The zero-order chi connectivity index (χ0) is 8.97. The van der Waals surface area contributed by atoms with Crippen LogP contribution >= 0.6 is 0 Å². The summed E-state index contributed by atoms with van der Waals surface area (Å²) in [6.45, 7) is 9.37. The fourth-order valence-electron chi connectivity index (χ4n) is 1.69. The molecule has 0 bridgehead atoms. The van der Waals surface area contributed by atoms with Gasteiger partial charge in [-0.25, -0.2) is 0 Å². The lowest BCUT2D eigenvalue weighted by Gasteiger charge is -2.27. The van der Waals surface area contributed by atoms with Gasteiger partial charge in [0, 0.05) is 12.6 Å². The van der Waals surface area contributed by atoms with Gasteiger partial charge in [-0.3, -0.25) is 0 Å². The normalized spacial score (nSPS) is 26.2. The van der Waals surface area contributed by atoms with Gasteiger partial charge in [0.1, 0.15) is 0 Å². The van der Waals surface area contributed by atoms with Crippen LogP contribution in [-0.4, -0.2) is 24.0 Å². The first-order valence-electron chi connectivity index (χ1n) is 5.10. The molecule has 0 aromatic carbocycles. The summed E-state index contributed by atoms with van der Waals surface area (Å²) in [5.74, 6) is 0. The Morgan fingerprint density at radius 2 is 2.08 bits per heavy atom. The molecule has 0 saturated carbocycles. The topological polar surface area (TPSA) is 3.24 Å². The van der Waals surface area contributed by atoms with E-state index >= 15 is 0 Å². The minimum atomic E-state index is 0.718. The zero-order valence-corrected chi connectivity index (χ0v) is 8.64. The van der Waals surface area contributed by atoms with E-state index < -0.39 is 0 Å². The summed E-state index contributed by atoms with van der Waals surface area (Å²) >= 11 is 0. The molecule has 0 amide bonds. The van der Waals surface area contributed by atoms with Crippen LogP contribution in [0.3, 0.4) is 0 Å². The fraction of sp³-hybridized carbons (Fsp3) is 0.818. The van der Waals surface area contributed by atoms with Crippen molar-refractivity contribution >= 4 is 0 Å². The predicted octanol–water partition coefficient (Wildman–Crippen LogP) is 2.83. The Bertz CT molecular complexity index is 158. The minimum Gasteiger partial charge on any atom is -0.301 e. The van der Waals surface area contributed by atoms with Crippen LogP contribution in [0.5, 0.6) is 0 Å². The lowest BCUT2D eigenvalue weighted by atomic mass is 10.1. The third-order valence-electron chi connectivity index (χ3n) is 2.67. The predicted molar refractivity (Wildman–Crippen MR) is 54.3 cm³/mol. The molecule has 1 aliphatic heterocycles. The summed E-state index contributed by atoms with van der Waals surface area (Å²) < 4.78 is 0. The molecular formula is C11H21N. The lowest BCUT2D eigenvalue weighted by molar-refractivity contribution is 0.219. The second-order valence-corrected chi connectivity index (χ2v) is 4.07. The number of allylic oxidation sites excluding steroid dienone is 1. The molecule has 0 fully saturated rings. The minimum absolute atomic E-state index is 0.718. The van der Waals surface area contributed by atoms with Crippen molar-refractivity contribution in [3.05, 3.63) is 11.6 Å². The molecule has 0 aromatic heterocycles. The number of hydrogen-bond acceptors (Lipinski definition) is 1. The molecule has 1 rings (SSSR count). The maximum Gasteiger partial charge on any atom is 0.00387 e. The molecule has 70 valence electrons. The largest absolute Gasteiger partial charge is 0.301 e. The molecule has 12 heavy (non-hydrogen) atoms. The number of hydrogen-bond donors (Lipinski definition) is 0. The molecule has 0 unspecified atom stereocenters. The summed E-state index contributed by atoms with van der Waals surface area (Å²) in [7, 11) is 0. The van der Waals surface area contributed by atoms with Crippen LogP contribution in [0.1, 0.15) is 40.0 Å². The van der Waals surface area contributed by atoms with Crippen molar-refractivity contribution in [2.24, 2.45) is 0 Å². The molecule has 0 spiro atoms. The van der Waals surface area contributed by atoms with Gasteiger partial charge in [0.2, 0.25) is 0 Å². The highest BCUT2D eigenvalue weighted by atomic mass is 15.1. The Hall–Kier alpha value is -0.300. The molecule has 0 saturated heterocycles. The van der Waals surface area contributed by atoms with Gasteiger partial charge < -0.3 is 4.90 Å². The third kappa shape index (κ3) is 2.98. The summed E-state index contributed by atoms with van der Waals surface area (Å²) in [6, 6.07) is 0.718. The molecule has 0 aromatic rings. The Morgan fingerprint density at radius 1 is 1.33 bits per heavy atom. The van der Waals surface area contributed by atoms with E-state index in [1.165, 1.54) is 32.4 Å². The third-order valence-corrected chi connectivity index (χ3v) is 2.67. The van der Waals surface area contributed by atoms with Crippen LogP contribution in [0.15, 0.2) is 11.6 Å². The lowest BCUT2D eigenvalue weighted by Crippen LogP contribution is -2.33. The SMILES string of the molecule is C/C1=C/CCCN(C(C)C)CC1. The van der Waals surface area contributed by atoms with Crippen LogP contribution in [0, 0.1) is 0 Å². The van der Waals surface area contributed by atoms with Crippen LogP contribution in [0.25, 0.3) is 0 Å². The summed E-state index contributed by atoms with van der Waals surface area (Å²) in [5.41, 5.74) is 1.57. The molecule has 0 N–H and O–H groups in total. The molecule has 0 atom stereocenters. The average Bonchev–Trinajstić information content (AvgIpc) is 1.97. The van der Waals surface area contributed by atoms with Crippen LogP contribution in [0.2, 0.25) is 0 Å². The van der Waals surface area contributed by atoms with E-state index in [-0.39, 0.29) is 0 Å². The maximum absolute atomic E-state index is 2.58. The molecule has 0 radical (unpaired) electrons. The summed E-state index contributed by atoms with van der Waals surface area (Å²) in [4.78, 5) is 2.58. The van der Waals surface area contributed by atoms with Crippen molar-refractivity contribution in [1.82, 2.24) is 4.90 Å². The van der Waals surface area contributed by atoms with E-state index in [1.54, 1.807) is 5.57 Å². The second-order valence-electron chi connectivity index (χ2n) is 4.07. The highest BCUT2D eigenvalue weighted by molar-refractivity contribution is 4.99. The monoisotopic (exact) mass is 167 g/mol. The van der Waals surface area contributed by atoms with E-state index in [0.29, 0.717) is 0 Å². The smallest absolute Gasteiger partial charge is 0.00387 e. The molecule has 1 heteroatoms. The van der Waals surface area contributed by atoms with Gasteiger partial charge in [0.15, 0.2) is 0 Å². The van der Waals surface area contributed by atoms with Gasteiger partial charge in [-0.05, 0) is 46.6 Å². The van der Waals surface area contributed by atoms with Crippen molar-refractivity contribution in [1.29, 1.82) is 0 Å². The van der Waals surface area contributed by atoms with E-state index in [9.17, 15) is 0 Å².